The smallest absolute Gasteiger partial charge is 0.338 e. The van der Waals surface area contributed by atoms with Gasteiger partial charge in [0.05, 0.1) is 14.2 Å². The molecule has 104 valence electrons. The summed E-state index contributed by atoms with van der Waals surface area (Å²) in [6.07, 6.45) is -4.42. The molecule has 0 saturated carbocycles. The molecule has 4 unspecified atom stereocenters. The molecule has 0 amide bonds. The largest absolute Gasteiger partial charge is 0.467 e. The van der Waals surface area contributed by atoms with Gasteiger partial charge in [0.1, 0.15) is 0 Å². The highest BCUT2D eigenvalue weighted by Gasteiger charge is 2.47. The first-order chi connectivity index (χ1) is 8.58. The third-order valence-corrected chi connectivity index (χ3v) is 2.39. The van der Waals surface area contributed by atoms with Gasteiger partial charge in [-0.25, -0.2) is 9.59 Å². The van der Waals surface area contributed by atoms with E-state index in [-0.39, 0.29) is 0 Å². The maximum atomic E-state index is 11.5. The van der Waals surface area contributed by atoms with Gasteiger partial charge >= 0.3 is 11.9 Å². The van der Waals surface area contributed by atoms with Crippen molar-refractivity contribution in [1.29, 1.82) is 0 Å². The molecule has 1 rings (SSSR count). The Kier molecular flexibility index (Phi) is 5.48. The van der Waals surface area contributed by atoms with E-state index >= 15 is 0 Å². The van der Waals surface area contributed by atoms with E-state index in [1.165, 1.54) is 28.4 Å². The zero-order chi connectivity index (χ0) is 13.7. The van der Waals surface area contributed by atoms with Crippen LogP contribution in [0.5, 0.6) is 0 Å². The Morgan fingerprint density at radius 3 is 1.33 bits per heavy atom. The third kappa shape index (κ3) is 2.96. The Morgan fingerprint density at radius 1 is 0.778 bits per heavy atom. The van der Waals surface area contributed by atoms with Crippen molar-refractivity contribution in [3.63, 3.8) is 0 Å². The molecule has 0 aliphatic carbocycles. The molecule has 18 heavy (non-hydrogen) atoms. The molecular formula is C10H16O8. The Labute approximate surface area is 104 Å². The summed E-state index contributed by atoms with van der Waals surface area (Å²) in [5, 5.41) is 0. The zero-order valence-electron chi connectivity index (χ0n) is 10.6. The maximum absolute atomic E-state index is 11.5. The lowest BCUT2D eigenvalue weighted by Gasteiger charge is -2.37. The molecule has 0 aromatic rings. The molecule has 8 heteroatoms. The Bertz CT molecular complexity index is 274. The van der Waals surface area contributed by atoms with E-state index in [9.17, 15) is 9.59 Å². The van der Waals surface area contributed by atoms with E-state index in [0.29, 0.717) is 0 Å². The number of esters is 2. The lowest BCUT2D eigenvalue weighted by molar-refractivity contribution is -0.343. The van der Waals surface area contributed by atoms with Crippen molar-refractivity contribution in [2.75, 3.05) is 28.4 Å². The van der Waals surface area contributed by atoms with Crippen LogP contribution in [-0.2, 0) is 38.0 Å². The molecule has 0 bridgehead atoms. The predicted molar refractivity (Wildman–Crippen MR) is 55.4 cm³/mol. The number of methoxy groups -OCH3 is 4. The fourth-order valence-electron chi connectivity index (χ4n) is 1.48. The van der Waals surface area contributed by atoms with E-state index in [1.807, 2.05) is 0 Å². The van der Waals surface area contributed by atoms with Crippen LogP contribution in [0.3, 0.4) is 0 Å². The summed E-state index contributed by atoms with van der Waals surface area (Å²) in [5.41, 5.74) is 0. The van der Waals surface area contributed by atoms with Crippen molar-refractivity contribution in [1.82, 2.24) is 0 Å². The molecule has 0 spiro atoms. The van der Waals surface area contributed by atoms with Crippen molar-refractivity contribution >= 4 is 11.9 Å². The van der Waals surface area contributed by atoms with Crippen LogP contribution in [0.2, 0.25) is 0 Å². The van der Waals surface area contributed by atoms with Crippen LogP contribution >= 0.6 is 0 Å². The second kappa shape index (κ2) is 6.64. The molecule has 1 fully saturated rings. The standard InChI is InChI=1S/C10H16O8/c1-13-7(11)5-6(8(12)14-2)18-10(16-4)9(15-3)17-5/h5-6,9-10H,1-4H3. The first-order valence-electron chi connectivity index (χ1n) is 5.11. The van der Waals surface area contributed by atoms with Crippen LogP contribution < -0.4 is 0 Å². The van der Waals surface area contributed by atoms with Gasteiger partial charge in [0.15, 0.2) is 12.2 Å². The van der Waals surface area contributed by atoms with Gasteiger partial charge in [-0.3, -0.25) is 0 Å². The number of hydrogen-bond acceptors (Lipinski definition) is 8. The van der Waals surface area contributed by atoms with Gasteiger partial charge < -0.3 is 28.4 Å². The van der Waals surface area contributed by atoms with E-state index in [4.69, 9.17) is 18.9 Å². The van der Waals surface area contributed by atoms with E-state index in [2.05, 4.69) is 9.47 Å². The van der Waals surface area contributed by atoms with Crippen molar-refractivity contribution < 1.29 is 38.0 Å². The van der Waals surface area contributed by atoms with Crippen LogP contribution in [-0.4, -0.2) is 65.2 Å². The Balaban J connectivity index is 2.90. The van der Waals surface area contributed by atoms with Gasteiger partial charge in [0.2, 0.25) is 12.6 Å². The molecule has 8 nitrogen and oxygen atoms in total. The normalized spacial score (nSPS) is 31.8. The summed E-state index contributed by atoms with van der Waals surface area (Å²) in [4.78, 5) is 23.0. The lowest BCUT2D eigenvalue weighted by Crippen LogP contribution is -2.56. The van der Waals surface area contributed by atoms with E-state index in [1.54, 1.807) is 0 Å². The maximum Gasteiger partial charge on any atom is 0.338 e. The van der Waals surface area contributed by atoms with E-state index < -0.39 is 36.7 Å². The van der Waals surface area contributed by atoms with Gasteiger partial charge in [0.25, 0.3) is 0 Å². The molecule has 1 aliphatic rings. The number of carbonyl (C=O) groups is 2. The van der Waals surface area contributed by atoms with Gasteiger partial charge in [-0.05, 0) is 0 Å². The van der Waals surface area contributed by atoms with Gasteiger partial charge in [0, 0.05) is 14.2 Å². The van der Waals surface area contributed by atoms with Crippen molar-refractivity contribution in [2.45, 2.75) is 24.8 Å². The minimum atomic E-state index is -1.27. The van der Waals surface area contributed by atoms with Crippen LogP contribution in [0, 0.1) is 0 Å². The summed E-state index contributed by atoms with van der Waals surface area (Å²) in [6.45, 7) is 0. The molecule has 4 atom stereocenters. The third-order valence-electron chi connectivity index (χ3n) is 2.39. The van der Waals surface area contributed by atoms with E-state index in [0.717, 1.165) is 0 Å². The van der Waals surface area contributed by atoms with Gasteiger partial charge in [-0.15, -0.1) is 0 Å². The summed E-state index contributed by atoms with van der Waals surface area (Å²) in [5.74, 6) is -1.52. The topological polar surface area (TPSA) is 89.5 Å². The second-order valence-corrected chi connectivity index (χ2v) is 3.37. The molecule has 0 aromatic carbocycles. The Hall–Kier alpha value is -1.22. The van der Waals surface area contributed by atoms with Gasteiger partial charge in [-0.1, -0.05) is 0 Å². The first kappa shape index (κ1) is 14.8. The lowest BCUT2D eigenvalue weighted by atomic mass is 10.2. The van der Waals surface area contributed by atoms with Crippen molar-refractivity contribution in [3.05, 3.63) is 0 Å². The predicted octanol–water partition coefficient (Wildman–Crippen LogP) is -0.939. The minimum Gasteiger partial charge on any atom is -0.467 e. The summed E-state index contributed by atoms with van der Waals surface area (Å²) in [6, 6.07) is 0. The second-order valence-electron chi connectivity index (χ2n) is 3.37. The highest BCUT2D eigenvalue weighted by Crippen LogP contribution is 2.23. The quantitative estimate of drug-likeness (QED) is 0.601. The summed E-state index contributed by atoms with van der Waals surface area (Å²) < 4.78 is 29.5. The fraction of sp³-hybridized carbons (Fsp3) is 0.800. The van der Waals surface area contributed by atoms with Crippen LogP contribution in [0.15, 0.2) is 0 Å². The molecule has 1 aliphatic heterocycles. The number of carbonyl (C=O) groups excluding carboxylic acids is 2. The molecule has 0 N–H and O–H groups in total. The number of hydrogen-bond donors (Lipinski definition) is 0. The number of rotatable bonds is 4. The highest BCUT2D eigenvalue weighted by atomic mass is 16.8. The van der Waals surface area contributed by atoms with Crippen LogP contribution in [0.4, 0.5) is 0 Å². The fourth-order valence-corrected chi connectivity index (χ4v) is 1.48. The first-order valence-corrected chi connectivity index (χ1v) is 5.11. The highest BCUT2D eigenvalue weighted by molar-refractivity contribution is 5.85. The van der Waals surface area contributed by atoms with Crippen LogP contribution in [0.1, 0.15) is 0 Å². The van der Waals surface area contributed by atoms with Crippen molar-refractivity contribution in [2.24, 2.45) is 0 Å². The Morgan fingerprint density at radius 2 is 1.11 bits per heavy atom. The van der Waals surface area contributed by atoms with Gasteiger partial charge in [-0.2, -0.15) is 0 Å². The molecule has 0 radical (unpaired) electrons. The molecule has 1 saturated heterocycles. The average Bonchev–Trinajstić information content (AvgIpc) is 2.43. The molecular weight excluding hydrogens is 248 g/mol. The molecule has 0 aromatic heterocycles. The van der Waals surface area contributed by atoms with Crippen molar-refractivity contribution in [3.8, 4) is 0 Å². The minimum absolute atomic E-state index is 0.762. The SMILES string of the molecule is COC(=O)C1OC(OC)C(OC)OC1C(=O)OC. The monoisotopic (exact) mass is 264 g/mol. The molecule has 1 heterocycles. The zero-order valence-corrected chi connectivity index (χ0v) is 10.6. The average molecular weight is 264 g/mol. The summed E-state index contributed by atoms with van der Waals surface area (Å²) in [7, 11) is 5.05. The summed E-state index contributed by atoms with van der Waals surface area (Å²) >= 11 is 0. The van der Waals surface area contributed by atoms with Crippen LogP contribution in [0.25, 0.3) is 0 Å². The number of ether oxygens (including phenoxy) is 6.